The van der Waals surface area contributed by atoms with Crippen molar-refractivity contribution in [2.75, 3.05) is 37.9 Å². The average molecular weight is 420 g/mol. The zero-order valence-corrected chi connectivity index (χ0v) is 17.1. The Morgan fingerprint density at radius 2 is 1.73 bits per heavy atom. The van der Waals surface area contributed by atoms with E-state index in [1.54, 1.807) is 0 Å². The number of benzene rings is 2. The maximum absolute atomic E-state index is 5.49. The molecule has 0 bridgehead atoms. The standard InChI is InChI=1S/C21H20N6O2S/c1-2-4-16(5-3-1)26-10-8-25(9-11-26)13-19-22-23-21-27(19)24-20(30-21)15-6-7-17-18(12-15)29-14-28-17/h1-7,12H,8-11,13-14H2. The van der Waals surface area contributed by atoms with Crippen molar-refractivity contribution < 1.29 is 9.47 Å². The zero-order chi connectivity index (χ0) is 19.9. The van der Waals surface area contributed by atoms with Gasteiger partial charge in [0.15, 0.2) is 17.3 Å². The number of para-hydroxylation sites is 1. The van der Waals surface area contributed by atoms with E-state index < -0.39 is 0 Å². The quantitative estimate of drug-likeness (QED) is 0.503. The molecule has 6 rings (SSSR count). The van der Waals surface area contributed by atoms with E-state index in [0.29, 0.717) is 0 Å². The minimum Gasteiger partial charge on any atom is -0.454 e. The molecule has 0 aliphatic carbocycles. The average Bonchev–Trinajstić information content (AvgIpc) is 3.51. The van der Waals surface area contributed by atoms with Crippen LogP contribution < -0.4 is 14.4 Å². The summed E-state index contributed by atoms with van der Waals surface area (Å²) in [5.41, 5.74) is 2.28. The number of hydrogen-bond acceptors (Lipinski definition) is 8. The summed E-state index contributed by atoms with van der Waals surface area (Å²) >= 11 is 1.53. The Morgan fingerprint density at radius 3 is 2.60 bits per heavy atom. The first-order valence-electron chi connectivity index (χ1n) is 9.97. The monoisotopic (exact) mass is 420 g/mol. The largest absolute Gasteiger partial charge is 0.454 e. The topological polar surface area (TPSA) is 68.0 Å². The molecular weight excluding hydrogens is 400 g/mol. The van der Waals surface area contributed by atoms with Gasteiger partial charge < -0.3 is 14.4 Å². The van der Waals surface area contributed by atoms with E-state index in [9.17, 15) is 0 Å². The van der Waals surface area contributed by atoms with Gasteiger partial charge in [0.05, 0.1) is 6.54 Å². The minimum atomic E-state index is 0.269. The Balaban J connectivity index is 1.18. The van der Waals surface area contributed by atoms with E-state index in [0.717, 1.165) is 65.6 Å². The minimum absolute atomic E-state index is 0.269. The van der Waals surface area contributed by atoms with Gasteiger partial charge in [-0.3, -0.25) is 4.90 Å². The molecular formula is C21H20N6O2S. The second-order valence-electron chi connectivity index (χ2n) is 7.38. The summed E-state index contributed by atoms with van der Waals surface area (Å²) in [6, 6.07) is 16.5. The molecule has 9 heteroatoms. The molecule has 0 atom stereocenters. The van der Waals surface area contributed by atoms with Crippen LogP contribution in [-0.2, 0) is 6.54 Å². The van der Waals surface area contributed by atoms with Crippen molar-refractivity contribution in [1.82, 2.24) is 24.7 Å². The maximum atomic E-state index is 5.49. The SMILES string of the molecule is c1ccc(N2CCN(Cc3nnc4sc(-c5ccc6c(c5)OCO6)nn34)CC2)cc1. The van der Waals surface area contributed by atoms with Crippen LogP contribution >= 0.6 is 11.3 Å². The number of aromatic nitrogens is 4. The van der Waals surface area contributed by atoms with Gasteiger partial charge in [-0.15, -0.1) is 10.2 Å². The molecule has 4 aromatic rings. The normalized spacial score (nSPS) is 16.5. The summed E-state index contributed by atoms with van der Waals surface area (Å²) in [4.78, 5) is 5.65. The number of piperazine rings is 1. The maximum Gasteiger partial charge on any atom is 0.235 e. The highest BCUT2D eigenvalue weighted by molar-refractivity contribution is 7.19. The van der Waals surface area contributed by atoms with Gasteiger partial charge in [0.1, 0.15) is 5.01 Å². The first-order valence-corrected chi connectivity index (χ1v) is 10.8. The second kappa shape index (κ2) is 7.26. The lowest BCUT2D eigenvalue weighted by molar-refractivity contribution is 0.174. The van der Waals surface area contributed by atoms with Gasteiger partial charge in [0.25, 0.3) is 0 Å². The smallest absolute Gasteiger partial charge is 0.235 e. The van der Waals surface area contributed by atoms with Crippen LogP contribution in [0, 0.1) is 0 Å². The van der Waals surface area contributed by atoms with E-state index in [2.05, 4.69) is 50.3 Å². The number of rotatable bonds is 4. The molecule has 152 valence electrons. The van der Waals surface area contributed by atoms with E-state index in [-0.39, 0.29) is 6.79 Å². The second-order valence-corrected chi connectivity index (χ2v) is 8.34. The molecule has 8 nitrogen and oxygen atoms in total. The molecule has 2 aliphatic rings. The van der Waals surface area contributed by atoms with Crippen molar-refractivity contribution in [3.8, 4) is 22.1 Å². The highest BCUT2D eigenvalue weighted by Gasteiger charge is 2.21. The number of ether oxygens (including phenoxy) is 2. The summed E-state index contributed by atoms with van der Waals surface area (Å²) in [6.45, 7) is 5.00. The van der Waals surface area contributed by atoms with E-state index in [4.69, 9.17) is 14.6 Å². The number of hydrogen-bond donors (Lipinski definition) is 0. The van der Waals surface area contributed by atoms with Gasteiger partial charge >= 0.3 is 0 Å². The number of fused-ring (bicyclic) bond motifs is 2. The lowest BCUT2D eigenvalue weighted by Crippen LogP contribution is -2.46. The van der Waals surface area contributed by atoms with Crippen LogP contribution in [-0.4, -0.2) is 57.7 Å². The van der Waals surface area contributed by atoms with Crippen LogP contribution in [0.1, 0.15) is 5.82 Å². The molecule has 30 heavy (non-hydrogen) atoms. The predicted molar refractivity (Wildman–Crippen MR) is 114 cm³/mol. The van der Waals surface area contributed by atoms with Crippen LogP contribution in [0.15, 0.2) is 48.5 Å². The third-order valence-corrected chi connectivity index (χ3v) is 6.48. The van der Waals surface area contributed by atoms with Gasteiger partial charge in [-0.25, -0.2) is 0 Å². The van der Waals surface area contributed by atoms with Gasteiger partial charge in [0.2, 0.25) is 11.8 Å². The summed E-state index contributed by atoms with van der Waals surface area (Å²) in [5, 5.41) is 14.4. The molecule has 0 unspecified atom stereocenters. The van der Waals surface area contributed by atoms with E-state index in [1.807, 2.05) is 22.7 Å². The highest BCUT2D eigenvalue weighted by atomic mass is 32.1. The molecule has 0 amide bonds. The zero-order valence-electron chi connectivity index (χ0n) is 16.3. The predicted octanol–water partition coefficient (Wildman–Crippen LogP) is 2.90. The molecule has 4 heterocycles. The van der Waals surface area contributed by atoms with Crippen LogP contribution in [0.5, 0.6) is 11.5 Å². The van der Waals surface area contributed by atoms with Gasteiger partial charge in [-0.05, 0) is 30.3 Å². The fourth-order valence-corrected chi connectivity index (χ4v) is 4.76. The first-order chi connectivity index (χ1) is 14.8. The Hall–Kier alpha value is -3.17. The highest BCUT2D eigenvalue weighted by Crippen LogP contribution is 2.37. The van der Waals surface area contributed by atoms with E-state index >= 15 is 0 Å². The third kappa shape index (κ3) is 3.16. The van der Waals surface area contributed by atoms with E-state index in [1.165, 1.54) is 17.0 Å². The van der Waals surface area contributed by atoms with Crippen molar-refractivity contribution in [3.63, 3.8) is 0 Å². The van der Waals surface area contributed by atoms with Crippen LogP contribution in [0.2, 0.25) is 0 Å². The Morgan fingerprint density at radius 1 is 0.900 bits per heavy atom. The van der Waals surface area contributed by atoms with Crippen molar-refractivity contribution in [3.05, 3.63) is 54.4 Å². The van der Waals surface area contributed by atoms with Crippen LogP contribution in [0.25, 0.3) is 15.5 Å². The molecule has 2 aromatic carbocycles. The van der Waals surface area contributed by atoms with Gasteiger partial charge in [-0.2, -0.15) is 9.61 Å². The molecule has 1 saturated heterocycles. The summed E-state index contributed by atoms with van der Waals surface area (Å²) < 4.78 is 12.8. The van der Waals surface area contributed by atoms with Gasteiger partial charge in [0, 0.05) is 37.4 Å². The Kier molecular flexibility index (Phi) is 4.28. The number of nitrogens with zero attached hydrogens (tertiary/aromatic N) is 6. The Bertz CT molecular complexity index is 1180. The van der Waals surface area contributed by atoms with Crippen molar-refractivity contribution in [2.24, 2.45) is 0 Å². The fraction of sp³-hybridized carbons (Fsp3) is 0.286. The first kappa shape index (κ1) is 17.7. The molecule has 2 aliphatic heterocycles. The number of anilines is 1. The Labute approximate surface area is 177 Å². The molecule has 0 N–H and O–H groups in total. The summed E-state index contributed by atoms with van der Waals surface area (Å²) in [7, 11) is 0. The molecule has 2 aromatic heterocycles. The summed E-state index contributed by atoms with van der Waals surface area (Å²) in [5.74, 6) is 2.41. The fourth-order valence-electron chi connectivity index (χ4n) is 3.91. The van der Waals surface area contributed by atoms with Crippen LogP contribution in [0.3, 0.4) is 0 Å². The third-order valence-electron chi connectivity index (χ3n) is 5.53. The summed E-state index contributed by atoms with van der Waals surface area (Å²) in [6.07, 6.45) is 0. The van der Waals surface area contributed by atoms with Crippen molar-refractivity contribution in [1.29, 1.82) is 0 Å². The van der Waals surface area contributed by atoms with Crippen molar-refractivity contribution in [2.45, 2.75) is 6.54 Å². The molecule has 0 spiro atoms. The van der Waals surface area contributed by atoms with Crippen LogP contribution in [0.4, 0.5) is 5.69 Å². The lowest BCUT2D eigenvalue weighted by atomic mass is 10.2. The van der Waals surface area contributed by atoms with Gasteiger partial charge in [-0.1, -0.05) is 29.5 Å². The molecule has 0 saturated carbocycles. The lowest BCUT2D eigenvalue weighted by Gasteiger charge is -2.35. The molecule has 0 radical (unpaired) electrons. The molecule has 1 fully saturated rings. The van der Waals surface area contributed by atoms with Crippen molar-refractivity contribution >= 4 is 22.0 Å².